The molecule has 20 heavy (non-hydrogen) atoms. The number of carboxylic acid groups (broad SMARTS) is 1. The van der Waals surface area contributed by atoms with Crippen molar-refractivity contribution in [3.8, 4) is 0 Å². The Hall–Kier alpha value is -2.22. The third-order valence-corrected chi connectivity index (χ3v) is 2.72. The predicted molar refractivity (Wildman–Crippen MR) is 69.3 cm³/mol. The molecule has 0 aliphatic carbocycles. The summed E-state index contributed by atoms with van der Waals surface area (Å²) in [6.45, 7) is 2.98. The number of nitrogens with zero attached hydrogens (tertiary/aromatic N) is 1. The number of carboxylic acids is 1. The summed E-state index contributed by atoms with van der Waals surface area (Å²) in [7, 11) is 0. The van der Waals surface area contributed by atoms with Crippen LogP contribution in [-0.2, 0) is 16.0 Å². The molecule has 4 N–H and O–H groups in total. The van der Waals surface area contributed by atoms with Crippen LogP contribution in [0.1, 0.15) is 23.5 Å². The number of amides is 1. The Kier molecular flexibility index (Phi) is 5.39. The van der Waals surface area contributed by atoms with E-state index in [1.807, 2.05) is 0 Å². The highest BCUT2D eigenvalue weighted by atomic mass is 16.4. The van der Waals surface area contributed by atoms with E-state index in [1.165, 1.54) is 0 Å². The summed E-state index contributed by atoms with van der Waals surface area (Å²) >= 11 is 0. The molecule has 0 unspecified atom stereocenters. The molecule has 0 saturated heterocycles. The number of aromatic amines is 1. The van der Waals surface area contributed by atoms with Crippen molar-refractivity contribution in [3.63, 3.8) is 0 Å². The Labute approximate surface area is 114 Å². The maximum Gasteiger partial charge on any atom is 0.334 e. The van der Waals surface area contributed by atoms with E-state index in [2.05, 4.69) is 15.3 Å². The third-order valence-electron chi connectivity index (χ3n) is 2.72. The highest BCUT2D eigenvalue weighted by molar-refractivity contribution is 5.78. The lowest BCUT2D eigenvalue weighted by molar-refractivity contribution is -0.146. The normalized spacial score (nSPS) is 11.9. The fraction of sp³-hybridized carbons (Fsp3) is 0.500. The monoisotopic (exact) mass is 283 g/mol. The average molecular weight is 283 g/mol. The first kappa shape index (κ1) is 15.8. The fourth-order valence-electron chi connectivity index (χ4n) is 1.67. The molecule has 0 fully saturated rings. The van der Waals surface area contributed by atoms with Crippen LogP contribution in [0.4, 0.5) is 0 Å². The standard InChI is InChI=1S/C12H17N3O5/c1-6-8(11(18)15-7(2)14-6)3-4-10(17)13-5-9(16)12(19)20/h9,16H,3-5H2,1-2H3,(H,13,17)(H,19,20)(H,14,15,18)/t9-/m0/s1. The van der Waals surface area contributed by atoms with Crippen molar-refractivity contribution in [2.45, 2.75) is 32.8 Å². The Balaban J connectivity index is 2.54. The number of hydrogen-bond donors (Lipinski definition) is 4. The number of aliphatic carboxylic acids is 1. The fourth-order valence-corrected chi connectivity index (χ4v) is 1.67. The molecule has 1 aromatic heterocycles. The second-order valence-corrected chi connectivity index (χ2v) is 4.37. The maximum atomic E-state index is 11.7. The summed E-state index contributed by atoms with van der Waals surface area (Å²) < 4.78 is 0. The van der Waals surface area contributed by atoms with Crippen molar-refractivity contribution in [1.29, 1.82) is 0 Å². The quantitative estimate of drug-likeness (QED) is 0.523. The molecular weight excluding hydrogens is 266 g/mol. The molecule has 1 amide bonds. The van der Waals surface area contributed by atoms with Crippen LogP contribution in [0.2, 0.25) is 0 Å². The van der Waals surface area contributed by atoms with Gasteiger partial charge in [-0.2, -0.15) is 0 Å². The van der Waals surface area contributed by atoms with Crippen LogP contribution in [0, 0.1) is 13.8 Å². The molecule has 0 spiro atoms. The van der Waals surface area contributed by atoms with Crippen LogP contribution >= 0.6 is 0 Å². The van der Waals surface area contributed by atoms with Crippen LogP contribution in [0.25, 0.3) is 0 Å². The number of H-pyrrole nitrogens is 1. The van der Waals surface area contributed by atoms with Crippen molar-refractivity contribution < 1.29 is 19.8 Å². The van der Waals surface area contributed by atoms with Gasteiger partial charge in [0.15, 0.2) is 6.10 Å². The van der Waals surface area contributed by atoms with Gasteiger partial charge < -0.3 is 20.5 Å². The summed E-state index contributed by atoms with van der Waals surface area (Å²) in [4.78, 5) is 40.2. The molecule has 1 rings (SSSR count). The summed E-state index contributed by atoms with van der Waals surface area (Å²) in [5.74, 6) is -1.34. The first-order valence-corrected chi connectivity index (χ1v) is 6.05. The second-order valence-electron chi connectivity index (χ2n) is 4.37. The van der Waals surface area contributed by atoms with Gasteiger partial charge in [0.1, 0.15) is 5.82 Å². The molecule has 1 heterocycles. The van der Waals surface area contributed by atoms with Crippen LogP contribution in [0.3, 0.4) is 0 Å². The highest BCUT2D eigenvalue weighted by Crippen LogP contribution is 2.02. The first-order valence-electron chi connectivity index (χ1n) is 6.05. The molecule has 1 aromatic rings. The average Bonchev–Trinajstić information content (AvgIpc) is 2.34. The number of aryl methyl sites for hydroxylation is 2. The van der Waals surface area contributed by atoms with E-state index in [1.54, 1.807) is 13.8 Å². The van der Waals surface area contributed by atoms with E-state index in [9.17, 15) is 14.4 Å². The molecule has 0 bridgehead atoms. The van der Waals surface area contributed by atoms with Gasteiger partial charge in [-0.25, -0.2) is 9.78 Å². The number of aromatic nitrogens is 2. The first-order chi connectivity index (χ1) is 9.31. The minimum atomic E-state index is -1.63. The van der Waals surface area contributed by atoms with Crippen molar-refractivity contribution in [2.24, 2.45) is 0 Å². The number of carbonyl (C=O) groups is 2. The highest BCUT2D eigenvalue weighted by Gasteiger charge is 2.15. The van der Waals surface area contributed by atoms with E-state index >= 15 is 0 Å². The lowest BCUT2D eigenvalue weighted by Gasteiger charge is -2.08. The van der Waals surface area contributed by atoms with Gasteiger partial charge in [-0.3, -0.25) is 9.59 Å². The minimum absolute atomic E-state index is 0.0149. The molecule has 0 aliphatic rings. The van der Waals surface area contributed by atoms with Gasteiger partial charge in [0.2, 0.25) is 5.91 Å². The van der Waals surface area contributed by atoms with Crippen molar-refractivity contribution in [2.75, 3.05) is 6.54 Å². The minimum Gasteiger partial charge on any atom is -0.479 e. The molecule has 0 aromatic carbocycles. The summed E-state index contributed by atoms with van der Waals surface area (Å²) in [6.07, 6.45) is -1.42. The number of aliphatic hydroxyl groups is 1. The Morgan fingerprint density at radius 3 is 2.60 bits per heavy atom. The number of carbonyl (C=O) groups excluding carboxylic acids is 1. The number of aliphatic hydroxyl groups excluding tert-OH is 1. The number of hydrogen-bond acceptors (Lipinski definition) is 5. The topological polar surface area (TPSA) is 132 Å². The van der Waals surface area contributed by atoms with Gasteiger partial charge >= 0.3 is 5.97 Å². The van der Waals surface area contributed by atoms with E-state index in [4.69, 9.17) is 10.2 Å². The molecule has 8 heteroatoms. The predicted octanol–water partition coefficient (Wildman–Crippen LogP) is -1.12. The Morgan fingerprint density at radius 2 is 2.05 bits per heavy atom. The van der Waals surface area contributed by atoms with E-state index in [0.29, 0.717) is 17.1 Å². The second kappa shape index (κ2) is 6.80. The zero-order chi connectivity index (χ0) is 15.3. The smallest absolute Gasteiger partial charge is 0.334 e. The zero-order valence-electron chi connectivity index (χ0n) is 11.3. The Morgan fingerprint density at radius 1 is 1.40 bits per heavy atom. The number of nitrogens with one attached hydrogen (secondary N) is 2. The maximum absolute atomic E-state index is 11.7. The molecule has 0 radical (unpaired) electrons. The molecular formula is C12H17N3O5. The SMILES string of the molecule is Cc1nc(C)c(CCC(=O)NC[C@H](O)C(=O)O)c(=O)[nH]1. The van der Waals surface area contributed by atoms with Crippen LogP contribution in [0.15, 0.2) is 4.79 Å². The van der Waals surface area contributed by atoms with Gasteiger partial charge in [0, 0.05) is 17.7 Å². The summed E-state index contributed by atoms with van der Waals surface area (Å²) in [6, 6.07) is 0. The lowest BCUT2D eigenvalue weighted by atomic mass is 10.1. The number of rotatable bonds is 6. The van der Waals surface area contributed by atoms with Crippen LogP contribution in [-0.4, -0.2) is 44.7 Å². The van der Waals surface area contributed by atoms with Crippen molar-refractivity contribution in [1.82, 2.24) is 15.3 Å². The molecule has 0 aliphatic heterocycles. The Bertz CT molecular complexity index is 567. The zero-order valence-corrected chi connectivity index (χ0v) is 11.3. The van der Waals surface area contributed by atoms with Crippen molar-refractivity contribution >= 4 is 11.9 Å². The van der Waals surface area contributed by atoms with Gasteiger partial charge in [-0.05, 0) is 20.3 Å². The van der Waals surface area contributed by atoms with Crippen molar-refractivity contribution in [3.05, 3.63) is 27.4 Å². The van der Waals surface area contributed by atoms with E-state index < -0.39 is 18.0 Å². The van der Waals surface area contributed by atoms with Gasteiger partial charge in [0.25, 0.3) is 5.56 Å². The molecule has 110 valence electrons. The molecule has 1 atom stereocenters. The van der Waals surface area contributed by atoms with Gasteiger partial charge in [-0.1, -0.05) is 0 Å². The van der Waals surface area contributed by atoms with Crippen LogP contribution in [0.5, 0.6) is 0 Å². The van der Waals surface area contributed by atoms with E-state index in [0.717, 1.165) is 0 Å². The third kappa shape index (κ3) is 4.47. The summed E-state index contributed by atoms with van der Waals surface area (Å²) in [5, 5.41) is 19.7. The van der Waals surface area contributed by atoms with Gasteiger partial charge in [-0.15, -0.1) is 0 Å². The van der Waals surface area contributed by atoms with Gasteiger partial charge in [0.05, 0.1) is 6.54 Å². The summed E-state index contributed by atoms with van der Waals surface area (Å²) in [5.41, 5.74) is 0.697. The lowest BCUT2D eigenvalue weighted by Crippen LogP contribution is -2.36. The van der Waals surface area contributed by atoms with Crippen LogP contribution < -0.4 is 10.9 Å². The largest absolute Gasteiger partial charge is 0.479 e. The van der Waals surface area contributed by atoms with E-state index in [-0.39, 0.29) is 24.9 Å². The molecule has 0 saturated carbocycles. The molecule has 8 nitrogen and oxygen atoms in total.